The van der Waals surface area contributed by atoms with E-state index in [0.717, 1.165) is 11.3 Å². The molecule has 5 nitrogen and oxygen atoms in total. The lowest BCUT2D eigenvalue weighted by Gasteiger charge is -2.22. The Morgan fingerprint density at radius 3 is 2.74 bits per heavy atom. The number of methoxy groups -OCH3 is 2. The largest absolute Gasteiger partial charge is 0.383 e. The minimum absolute atomic E-state index is 0.0923. The molecule has 19 heavy (non-hydrogen) atoms. The number of hydrogen-bond donors (Lipinski definition) is 0. The molecule has 1 aliphatic heterocycles. The van der Waals surface area contributed by atoms with Gasteiger partial charge in [0, 0.05) is 20.8 Å². The molecule has 2 rings (SSSR count). The van der Waals surface area contributed by atoms with Crippen LogP contribution in [0.3, 0.4) is 0 Å². The van der Waals surface area contributed by atoms with E-state index in [1.54, 1.807) is 20.3 Å². The van der Waals surface area contributed by atoms with Crippen LogP contribution in [0, 0.1) is 0 Å². The van der Waals surface area contributed by atoms with Crippen molar-refractivity contribution < 1.29 is 17.9 Å². The Bertz CT molecular complexity index is 531. The molecule has 0 radical (unpaired) electrons. The summed E-state index contributed by atoms with van der Waals surface area (Å²) in [7, 11) is -0.372. The van der Waals surface area contributed by atoms with Gasteiger partial charge in [-0.2, -0.15) is 4.31 Å². The molecule has 1 aliphatic rings. The molecule has 0 amide bonds. The van der Waals surface area contributed by atoms with Crippen molar-refractivity contribution in [2.75, 3.05) is 27.4 Å². The molecule has 1 aromatic heterocycles. The SMILES string of the molecule is COC[C@@H]1C[C@H](OC)CN1S(=O)(=O)c1ccc(Cl)s1. The lowest BCUT2D eigenvalue weighted by Crippen LogP contribution is -2.38. The summed E-state index contributed by atoms with van der Waals surface area (Å²) in [6.45, 7) is 0.709. The molecule has 2 atom stereocenters. The predicted molar refractivity (Wildman–Crippen MR) is 74.3 cm³/mol. The maximum atomic E-state index is 12.6. The van der Waals surface area contributed by atoms with Crippen molar-refractivity contribution in [1.82, 2.24) is 4.31 Å². The number of ether oxygens (including phenoxy) is 2. The van der Waals surface area contributed by atoms with Gasteiger partial charge in [0.15, 0.2) is 0 Å². The molecule has 0 aliphatic carbocycles. The van der Waals surface area contributed by atoms with Crippen molar-refractivity contribution in [3.05, 3.63) is 16.5 Å². The van der Waals surface area contributed by atoms with Gasteiger partial charge in [-0.25, -0.2) is 8.42 Å². The van der Waals surface area contributed by atoms with Crippen LogP contribution < -0.4 is 0 Å². The lowest BCUT2D eigenvalue weighted by atomic mass is 10.2. The summed E-state index contributed by atoms with van der Waals surface area (Å²) in [6.07, 6.45) is 0.549. The smallest absolute Gasteiger partial charge is 0.253 e. The Morgan fingerprint density at radius 2 is 2.21 bits per heavy atom. The Balaban J connectivity index is 2.27. The molecular weight excluding hydrogens is 310 g/mol. The first-order valence-corrected chi connectivity index (χ1v) is 8.41. The van der Waals surface area contributed by atoms with Crippen LogP contribution in [0.5, 0.6) is 0 Å². The normalized spacial score (nSPS) is 25.0. The van der Waals surface area contributed by atoms with Crippen LogP contribution in [0.4, 0.5) is 0 Å². The summed E-state index contributed by atoms with van der Waals surface area (Å²) in [5, 5.41) is 0. The molecule has 0 spiro atoms. The van der Waals surface area contributed by atoms with Crippen LogP contribution in [0.2, 0.25) is 4.34 Å². The van der Waals surface area contributed by atoms with Crippen molar-refractivity contribution >= 4 is 33.0 Å². The zero-order valence-corrected chi connectivity index (χ0v) is 13.1. The summed E-state index contributed by atoms with van der Waals surface area (Å²) in [5.41, 5.74) is 0. The highest BCUT2D eigenvalue weighted by molar-refractivity contribution is 7.91. The highest BCUT2D eigenvalue weighted by Gasteiger charge is 2.40. The van der Waals surface area contributed by atoms with E-state index >= 15 is 0 Å². The molecule has 1 aromatic rings. The van der Waals surface area contributed by atoms with Gasteiger partial charge in [0.1, 0.15) is 4.21 Å². The third kappa shape index (κ3) is 3.12. The van der Waals surface area contributed by atoms with Gasteiger partial charge >= 0.3 is 0 Å². The van der Waals surface area contributed by atoms with E-state index in [-0.39, 0.29) is 16.4 Å². The van der Waals surface area contributed by atoms with Gasteiger partial charge in [0.2, 0.25) is 0 Å². The van der Waals surface area contributed by atoms with Gasteiger partial charge in [0.25, 0.3) is 10.0 Å². The molecular formula is C11H16ClNO4S2. The first-order valence-electron chi connectivity index (χ1n) is 5.78. The van der Waals surface area contributed by atoms with E-state index in [1.165, 1.54) is 10.4 Å². The molecule has 108 valence electrons. The van der Waals surface area contributed by atoms with Gasteiger partial charge in [-0.05, 0) is 18.6 Å². The van der Waals surface area contributed by atoms with E-state index in [2.05, 4.69) is 0 Å². The van der Waals surface area contributed by atoms with Crippen molar-refractivity contribution in [3.63, 3.8) is 0 Å². The average molecular weight is 326 g/mol. The van der Waals surface area contributed by atoms with Crippen LogP contribution >= 0.6 is 22.9 Å². The second-order valence-electron chi connectivity index (χ2n) is 4.34. The fourth-order valence-electron chi connectivity index (χ4n) is 2.21. The molecule has 0 aromatic carbocycles. The Morgan fingerprint density at radius 1 is 1.47 bits per heavy atom. The van der Waals surface area contributed by atoms with E-state index in [4.69, 9.17) is 21.1 Å². The fourth-order valence-corrected chi connectivity index (χ4v) is 5.47. The van der Waals surface area contributed by atoms with Crippen molar-refractivity contribution in [1.29, 1.82) is 0 Å². The molecule has 0 unspecified atom stereocenters. The summed E-state index contributed by atoms with van der Waals surface area (Å²) >= 11 is 6.88. The van der Waals surface area contributed by atoms with Crippen molar-refractivity contribution in [2.45, 2.75) is 22.8 Å². The highest BCUT2D eigenvalue weighted by atomic mass is 35.5. The predicted octanol–water partition coefficient (Wildman–Crippen LogP) is 1.83. The second-order valence-corrected chi connectivity index (χ2v) is 8.17. The van der Waals surface area contributed by atoms with E-state index in [0.29, 0.717) is 23.9 Å². The Labute approximate surface area is 122 Å². The van der Waals surface area contributed by atoms with Crippen LogP contribution in [-0.2, 0) is 19.5 Å². The van der Waals surface area contributed by atoms with Gasteiger partial charge in [-0.1, -0.05) is 11.6 Å². The number of nitrogens with zero attached hydrogens (tertiary/aromatic N) is 1. The van der Waals surface area contributed by atoms with Crippen molar-refractivity contribution in [2.24, 2.45) is 0 Å². The van der Waals surface area contributed by atoms with Gasteiger partial charge < -0.3 is 9.47 Å². The molecule has 0 N–H and O–H groups in total. The fraction of sp³-hybridized carbons (Fsp3) is 0.636. The third-order valence-electron chi connectivity index (χ3n) is 3.13. The minimum Gasteiger partial charge on any atom is -0.383 e. The molecule has 1 saturated heterocycles. The molecule has 0 saturated carbocycles. The summed E-state index contributed by atoms with van der Waals surface area (Å²) in [5.74, 6) is 0. The Hall–Kier alpha value is -0.180. The summed E-state index contributed by atoms with van der Waals surface area (Å²) in [6, 6.07) is 2.93. The van der Waals surface area contributed by atoms with Crippen LogP contribution in [0.1, 0.15) is 6.42 Å². The number of hydrogen-bond acceptors (Lipinski definition) is 5. The lowest BCUT2D eigenvalue weighted by molar-refractivity contribution is 0.110. The van der Waals surface area contributed by atoms with Crippen LogP contribution in [0.15, 0.2) is 16.3 Å². The van der Waals surface area contributed by atoms with Gasteiger partial charge in [0.05, 0.1) is 23.1 Å². The molecule has 8 heteroatoms. The van der Waals surface area contributed by atoms with Crippen LogP contribution in [-0.4, -0.2) is 52.2 Å². The molecule has 2 heterocycles. The quantitative estimate of drug-likeness (QED) is 0.828. The minimum atomic E-state index is -3.52. The first kappa shape index (κ1) is 15.2. The summed E-state index contributed by atoms with van der Waals surface area (Å²) in [4.78, 5) is 0. The van der Waals surface area contributed by atoms with Crippen LogP contribution in [0.25, 0.3) is 0 Å². The summed E-state index contributed by atoms with van der Waals surface area (Å²) < 4.78 is 37.7. The zero-order valence-electron chi connectivity index (χ0n) is 10.7. The standard InChI is InChI=1S/C11H16ClNO4S2/c1-16-7-8-5-9(17-2)6-13(8)19(14,15)11-4-3-10(12)18-11/h3-4,8-9H,5-7H2,1-2H3/t8-,9-/m0/s1. The topological polar surface area (TPSA) is 55.8 Å². The number of rotatable bonds is 5. The maximum Gasteiger partial charge on any atom is 0.253 e. The number of thiophene rings is 1. The number of sulfonamides is 1. The van der Waals surface area contributed by atoms with Gasteiger partial charge in [-0.15, -0.1) is 11.3 Å². The van der Waals surface area contributed by atoms with E-state index in [1.807, 2.05) is 0 Å². The average Bonchev–Trinajstić information content (AvgIpc) is 2.96. The molecule has 0 bridgehead atoms. The maximum absolute atomic E-state index is 12.6. The Kier molecular flexibility index (Phi) is 4.86. The van der Waals surface area contributed by atoms with Gasteiger partial charge in [-0.3, -0.25) is 0 Å². The highest BCUT2D eigenvalue weighted by Crippen LogP contribution is 2.32. The van der Waals surface area contributed by atoms with E-state index < -0.39 is 10.0 Å². The zero-order chi connectivity index (χ0) is 14.0. The first-order chi connectivity index (χ1) is 8.98. The second kappa shape index (κ2) is 6.07. The molecule has 1 fully saturated rings. The third-order valence-corrected chi connectivity index (χ3v) is 6.75. The monoisotopic (exact) mass is 325 g/mol. The van der Waals surface area contributed by atoms with E-state index in [9.17, 15) is 8.42 Å². The van der Waals surface area contributed by atoms with Crippen molar-refractivity contribution in [3.8, 4) is 0 Å². The number of halogens is 1.